The van der Waals surface area contributed by atoms with E-state index in [0.717, 1.165) is 17.3 Å². The summed E-state index contributed by atoms with van der Waals surface area (Å²) in [6.45, 7) is 2.60. The maximum Gasteiger partial charge on any atom is 0.240 e. The van der Waals surface area contributed by atoms with Gasteiger partial charge in [-0.2, -0.15) is 0 Å². The number of aliphatic imine (C=N–C) groups is 1. The molecule has 148 valence electrons. The number of nitrogens with zero attached hydrogens (tertiary/aromatic N) is 2. The van der Waals surface area contributed by atoms with E-state index in [4.69, 9.17) is 16.3 Å². The SMILES string of the molecule is COc1cccc(N=C(C)N(C)CCNS(=O)(=O)c2ccc(Cl)cc2)c1.I. The van der Waals surface area contributed by atoms with Crippen LogP contribution in [0.2, 0.25) is 5.02 Å². The molecule has 9 heteroatoms. The van der Waals surface area contributed by atoms with Gasteiger partial charge in [-0.1, -0.05) is 17.7 Å². The maximum absolute atomic E-state index is 12.2. The van der Waals surface area contributed by atoms with Crippen LogP contribution >= 0.6 is 35.6 Å². The third kappa shape index (κ3) is 7.28. The molecule has 0 fully saturated rings. The molecule has 0 saturated carbocycles. The van der Waals surface area contributed by atoms with Crippen molar-refractivity contribution in [3.63, 3.8) is 0 Å². The van der Waals surface area contributed by atoms with Crippen molar-refractivity contribution in [2.45, 2.75) is 11.8 Å². The number of halogens is 2. The Morgan fingerprint density at radius 1 is 1.22 bits per heavy atom. The molecule has 0 bridgehead atoms. The van der Waals surface area contributed by atoms with E-state index in [2.05, 4.69) is 9.71 Å². The van der Waals surface area contributed by atoms with Gasteiger partial charge in [0.15, 0.2) is 0 Å². The predicted octanol–water partition coefficient (Wildman–Crippen LogP) is 3.93. The van der Waals surface area contributed by atoms with Gasteiger partial charge in [-0.25, -0.2) is 18.1 Å². The van der Waals surface area contributed by atoms with Crippen LogP contribution < -0.4 is 9.46 Å². The largest absolute Gasteiger partial charge is 0.497 e. The van der Waals surface area contributed by atoms with Crippen molar-refractivity contribution in [3.8, 4) is 5.75 Å². The van der Waals surface area contributed by atoms with Crippen molar-refractivity contribution in [2.24, 2.45) is 4.99 Å². The molecule has 0 amide bonds. The van der Waals surface area contributed by atoms with Crippen LogP contribution in [-0.4, -0.2) is 46.4 Å². The van der Waals surface area contributed by atoms with E-state index >= 15 is 0 Å². The smallest absolute Gasteiger partial charge is 0.240 e. The number of rotatable bonds is 7. The van der Waals surface area contributed by atoms with Gasteiger partial charge in [0.25, 0.3) is 0 Å². The number of amidine groups is 1. The lowest BCUT2D eigenvalue weighted by Crippen LogP contribution is -2.35. The molecule has 27 heavy (non-hydrogen) atoms. The van der Waals surface area contributed by atoms with E-state index in [1.807, 2.05) is 43.1 Å². The van der Waals surface area contributed by atoms with Crippen molar-refractivity contribution in [2.75, 3.05) is 27.2 Å². The first kappa shape index (κ1) is 23.7. The Kier molecular flexibility index (Phi) is 9.51. The highest BCUT2D eigenvalue weighted by molar-refractivity contribution is 14.0. The maximum atomic E-state index is 12.2. The Bertz CT molecular complexity index is 874. The highest BCUT2D eigenvalue weighted by Gasteiger charge is 2.13. The van der Waals surface area contributed by atoms with Gasteiger partial charge in [-0.3, -0.25) is 0 Å². The molecular weight excluding hydrogens is 501 g/mol. The first-order chi connectivity index (χ1) is 12.3. The van der Waals surface area contributed by atoms with Crippen molar-refractivity contribution < 1.29 is 13.2 Å². The molecule has 0 spiro atoms. The zero-order valence-electron chi connectivity index (χ0n) is 15.3. The van der Waals surface area contributed by atoms with Gasteiger partial charge in [-0.15, -0.1) is 24.0 Å². The topological polar surface area (TPSA) is 71.0 Å². The number of likely N-dealkylation sites (N-methyl/N-ethyl adjacent to an activating group) is 1. The van der Waals surface area contributed by atoms with Crippen molar-refractivity contribution >= 4 is 57.1 Å². The van der Waals surface area contributed by atoms with Crippen LogP contribution in [0.3, 0.4) is 0 Å². The molecule has 0 aliphatic carbocycles. The lowest BCUT2D eigenvalue weighted by atomic mass is 10.3. The Morgan fingerprint density at radius 3 is 2.52 bits per heavy atom. The van der Waals surface area contributed by atoms with Crippen LogP contribution in [0.25, 0.3) is 0 Å². The molecule has 1 N–H and O–H groups in total. The Hall–Kier alpha value is -1.36. The molecule has 0 heterocycles. The molecule has 0 atom stereocenters. The van der Waals surface area contributed by atoms with Crippen LogP contribution in [0.15, 0.2) is 58.4 Å². The zero-order chi connectivity index (χ0) is 19.2. The molecule has 2 rings (SSSR count). The van der Waals surface area contributed by atoms with Crippen molar-refractivity contribution in [3.05, 3.63) is 53.6 Å². The van der Waals surface area contributed by atoms with E-state index in [0.29, 0.717) is 11.6 Å². The lowest BCUT2D eigenvalue weighted by Gasteiger charge is -2.19. The van der Waals surface area contributed by atoms with E-state index in [-0.39, 0.29) is 35.4 Å². The quantitative estimate of drug-likeness (QED) is 0.339. The molecule has 2 aromatic carbocycles. The van der Waals surface area contributed by atoms with Crippen molar-refractivity contribution in [1.29, 1.82) is 0 Å². The minimum absolute atomic E-state index is 0. The number of sulfonamides is 1. The average Bonchev–Trinajstić information content (AvgIpc) is 2.62. The van der Waals surface area contributed by atoms with E-state index in [1.165, 1.54) is 12.1 Å². The second-order valence-electron chi connectivity index (χ2n) is 5.63. The highest BCUT2D eigenvalue weighted by Crippen LogP contribution is 2.20. The molecule has 6 nitrogen and oxygen atoms in total. The lowest BCUT2D eigenvalue weighted by molar-refractivity contribution is 0.415. The highest BCUT2D eigenvalue weighted by atomic mass is 127. The van der Waals surface area contributed by atoms with Crippen LogP contribution in [0.1, 0.15) is 6.92 Å². The molecule has 0 saturated heterocycles. The number of nitrogens with one attached hydrogen (secondary N) is 1. The molecule has 0 aromatic heterocycles. The third-order valence-corrected chi connectivity index (χ3v) is 5.49. The fraction of sp³-hybridized carbons (Fsp3) is 0.278. The molecule has 0 aliphatic rings. The Labute approximate surface area is 182 Å². The van der Waals surface area contributed by atoms with Crippen LogP contribution in [-0.2, 0) is 10.0 Å². The minimum atomic E-state index is -3.56. The second-order valence-corrected chi connectivity index (χ2v) is 7.84. The average molecular weight is 524 g/mol. The van der Waals surface area contributed by atoms with Gasteiger partial charge in [0, 0.05) is 31.2 Å². The summed E-state index contributed by atoms with van der Waals surface area (Å²) < 4.78 is 32.2. The normalized spacial score (nSPS) is 11.6. The molecular formula is C18H23ClIN3O3S. The Balaban J connectivity index is 0.00000364. The summed E-state index contributed by atoms with van der Waals surface area (Å²) in [5.74, 6) is 1.50. The van der Waals surface area contributed by atoms with Crippen LogP contribution in [0.5, 0.6) is 5.75 Å². The summed E-state index contributed by atoms with van der Waals surface area (Å²) in [5.41, 5.74) is 0.774. The van der Waals surface area contributed by atoms with Gasteiger partial charge >= 0.3 is 0 Å². The summed E-state index contributed by atoms with van der Waals surface area (Å²) >= 11 is 5.79. The summed E-state index contributed by atoms with van der Waals surface area (Å²) in [6, 6.07) is 13.5. The number of ether oxygens (including phenoxy) is 1. The fourth-order valence-electron chi connectivity index (χ4n) is 2.16. The second kappa shape index (κ2) is 10.8. The summed E-state index contributed by atoms with van der Waals surface area (Å²) in [6.07, 6.45) is 0. The molecule has 0 unspecified atom stereocenters. The number of hydrogen-bond acceptors (Lipinski definition) is 4. The molecule has 0 aliphatic heterocycles. The fourth-order valence-corrected chi connectivity index (χ4v) is 3.31. The van der Waals surface area contributed by atoms with Crippen LogP contribution in [0, 0.1) is 0 Å². The van der Waals surface area contributed by atoms with Gasteiger partial charge in [-0.05, 0) is 43.3 Å². The monoisotopic (exact) mass is 523 g/mol. The van der Waals surface area contributed by atoms with Gasteiger partial charge in [0.1, 0.15) is 11.6 Å². The third-order valence-electron chi connectivity index (χ3n) is 3.76. The van der Waals surface area contributed by atoms with Gasteiger partial charge in [0.2, 0.25) is 10.0 Å². The molecule has 2 aromatic rings. The van der Waals surface area contributed by atoms with Crippen molar-refractivity contribution in [1.82, 2.24) is 9.62 Å². The van der Waals surface area contributed by atoms with Crippen LogP contribution in [0.4, 0.5) is 5.69 Å². The first-order valence-corrected chi connectivity index (χ1v) is 9.83. The first-order valence-electron chi connectivity index (χ1n) is 7.97. The minimum Gasteiger partial charge on any atom is -0.497 e. The standard InChI is InChI=1S/C18H22ClN3O3S.HI/c1-14(21-16-5-4-6-17(13-16)25-3)22(2)12-11-20-26(23,24)18-9-7-15(19)8-10-18;/h4-10,13,20H,11-12H2,1-3H3;1H. The summed E-state index contributed by atoms with van der Waals surface area (Å²) in [7, 11) is -0.0955. The number of methoxy groups -OCH3 is 1. The van der Waals surface area contributed by atoms with E-state index in [9.17, 15) is 8.42 Å². The van der Waals surface area contributed by atoms with E-state index in [1.54, 1.807) is 19.2 Å². The number of benzene rings is 2. The predicted molar refractivity (Wildman–Crippen MR) is 120 cm³/mol. The molecule has 0 radical (unpaired) electrons. The zero-order valence-corrected chi connectivity index (χ0v) is 19.2. The van der Waals surface area contributed by atoms with Gasteiger partial charge in [0.05, 0.1) is 17.7 Å². The number of hydrogen-bond donors (Lipinski definition) is 1. The summed E-state index contributed by atoms with van der Waals surface area (Å²) in [4.78, 5) is 6.59. The van der Waals surface area contributed by atoms with E-state index < -0.39 is 10.0 Å². The Morgan fingerprint density at radius 2 is 1.89 bits per heavy atom. The summed E-state index contributed by atoms with van der Waals surface area (Å²) in [5, 5.41) is 0.494. The van der Waals surface area contributed by atoms with Gasteiger partial charge < -0.3 is 9.64 Å².